The van der Waals surface area contributed by atoms with Gasteiger partial charge in [-0.3, -0.25) is 15.2 Å². The van der Waals surface area contributed by atoms with Crippen molar-refractivity contribution in [3.63, 3.8) is 0 Å². The molecule has 0 saturated heterocycles. The number of phenolic OH excluding ortho intramolecular Hbond substituents is 1. The van der Waals surface area contributed by atoms with Crippen molar-refractivity contribution in [1.82, 2.24) is 20.4 Å². The van der Waals surface area contributed by atoms with Crippen molar-refractivity contribution in [3.8, 4) is 17.0 Å². The molecule has 0 aliphatic heterocycles. The zero-order valence-electron chi connectivity index (χ0n) is 12.8. The molecule has 0 fully saturated rings. The maximum Gasteiger partial charge on any atom is 0.275 e. The third kappa shape index (κ3) is 2.93. The number of carbonyl (C=O) groups is 1. The number of nitrogens with one attached hydrogen (secondary N) is 2. The van der Waals surface area contributed by atoms with Gasteiger partial charge in [-0.1, -0.05) is 17.4 Å². The van der Waals surface area contributed by atoms with Gasteiger partial charge in [0.05, 0.1) is 5.69 Å². The number of hydrogen-bond acceptors (Lipinski definition) is 6. The van der Waals surface area contributed by atoms with Gasteiger partial charge < -0.3 is 5.11 Å². The molecule has 0 aliphatic carbocycles. The van der Waals surface area contributed by atoms with Gasteiger partial charge in [0.25, 0.3) is 5.91 Å². The lowest BCUT2D eigenvalue weighted by Crippen LogP contribution is -2.12. The van der Waals surface area contributed by atoms with Crippen molar-refractivity contribution < 1.29 is 9.90 Å². The van der Waals surface area contributed by atoms with Gasteiger partial charge >= 0.3 is 0 Å². The number of hydrogen-bond donors (Lipinski definition) is 3. The Balaban J connectivity index is 1.86. The second-order valence-corrected chi connectivity index (χ2v) is 6.33. The maximum absolute atomic E-state index is 12.2. The smallest absolute Gasteiger partial charge is 0.275 e. The second-order valence-electron chi connectivity index (χ2n) is 5.15. The molecule has 23 heavy (non-hydrogen) atoms. The van der Waals surface area contributed by atoms with Crippen molar-refractivity contribution in [3.05, 3.63) is 40.0 Å². The molecule has 8 heteroatoms. The van der Waals surface area contributed by atoms with Crippen LogP contribution in [0.1, 0.15) is 26.6 Å². The summed E-state index contributed by atoms with van der Waals surface area (Å²) in [6, 6.07) is 5.28. The molecule has 3 N–H and O–H groups in total. The molecule has 2 aromatic heterocycles. The highest BCUT2D eigenvalue weighted by Gasteiger charge is 2.16. The molecule has 2 heterocycles. The van der Waals surface area contributed by atoms with Crippen LogP contribution in [-0.4, -0.2) is 31.4 Å². The number of aromatic amines is 1. The molecule has 3 rings (SSSR count). The molecule has 0 unspecified atom stereocenters. The van der Waals surface area contributed by atoms with Crippen molar-refractivity contribution in [2.75, 3.05) is 5.32 Å². The van der Waals surface area contributed by atoms with E-state index < -0.39 is 0 Å². The molecule has 0 saturated carbocycles. The van der Waals surface area contributed by atoms with E-state index in [0.717, 1.165) is 16.1 Å². The number of benzene rings is 1. The Morgan fingerprint density at radius 3 is 2.74 bits per heavy atom. The van der Waals surface area contributed by atoms with Crippen LogP contribution in [-0.2, 0) is 0 Å². The Kier molecular flexibility index (Phi) is 3.83. The highest BCUT2D eigenvalue weighted by Crippen LogP contribution is 2.32. The normalized spacial score (nSPS) is 10.7. The average molecular weight is 329 g/mol. The van der Waals surface area contributed by atoms with Crippen LogP contribution in [0.5, 0.6) is 5.75 Å². The zero-order chi connectivity index (χ0) is 16.6. The van der Waals surface area contributed by atoms with Crippen molar-refractivity contribution in [2.24, 2.45) is 0 Å². The van der Waals surface area contributed by atoms with Crippen LogP contribution < -0.4 is 5.32 Å². The van der Waals surface area contributed by atoms with Crippen LogP contribution in [0, 0.1) is 20.8 Å². The number of aryl methyl sites for hydroxylation is 2. The predicted octanol–water partition coefficient (Wildman–Crippen LogP) is 2.81. The van der Waals surface area contributed by atoms with Gasteiger partial charge in [0.15, 0.2) is 0 Å². The van der Waals surface area contributed by atoms with E-state index in [-0.39, 0.29) is 17.4 Å². The molecule has 1 aromatic carbocycles. The molecular formula is C15H15N5O2S. The lowest BCUT2D eigenvalue weighted by molar-refractivity contribution is 0.102. The minimum absolute atomic E-state index is 0.170. The van der Waals surface area contributed by atoms with Crippen molar-refractivity contribution >= 4 is 22.4 Å². The van der Waals surface area contributed by atoms with E-state index >= 15 is 0 Å². The molecule has 7 nitrogen and oxygen atoms in total. The number of carbonyl (C=O) groups excluding carboxylic acids is 1. The van der Waals surface area contributed by atoms with E-state index in [1.165, 1.54) is 11.3 Å². The highest BCUT2D eigenvalue weighted by atomic mass is 32.1. The van der Waals surface area contributed by atoms with E-state index in [4.69, 9.17) is 0 Å². The summed E-state index contributed by atoms with van der Waals surface area (Å²) >= 11 is 1.29. The Morgan fingerprint density at radius 1 is 1.26 bits per heavy atom. The van der Waals surface area contributed by atoms with Crippen LogP contribution in [0.2, 0.25) is 0 Å². The minimum Gasteiger partial charge on any atom is -0.507 e. The molecule has 0 radical (unpaired) electrons. The fourth-order valence-electron chi connectivity index (χ4n) is 2.10. The maximum atomic E-state index is 12.2. The van der Waals surface area contributed by atoms with Crippen LogP contribution in [0.15, 0.2) is 18.2 Å². The Hall–Kier alpha value is -2.74. The van der Waals surface area contributed by atoms with Gasteiger partial charge in [0.1, 0.15) is 16.5 Å². The van der Waals surface area contributed by atoms with Crippen molar-refractivity contribution in [2.45, 2.75) is 20.8 Å². The third-order valence-corrected chi connectivity index (χ3v) is 4.30. The summed E-state index contributed by atoms with van der Waals surface area (Å²) in [4.78, 5) is 12.2. The minimum atomic E-state index is -0.358. The standard InChI is InChI=1S/C15H15N5O2S/c1-7-4-5-10(13(21)8(7)2)11-6-12(19-18-11)14(22)16-15-20-17-9(3)23-15/h4-6,21H,1-3H3,(H,18,19)(H,16,20,22). The third-order valence-electron chi connectivity index (χ3n) is 3.55. The monoisotopic (exact) mass is 329 g/mol. The van der Waals surface area contributed by atoms with Crippen LogP contribution in [0.3, 0.4) is 0 Å². The van der Waals surface area contributed by atoms with E-state index in [1.54, 1.807) is 12.1 Å². The Morgan fingerprint density at radius 2 is 2.04 bits per heavy atom. The molecule has 3 aromatic rings. The van der Waals surface area contributed by atoms with Gasteiger partial charge in [0, 0.05) is 5.56 Å². The van der Waals surface area contributed by atoms with E-state index in [0.29, 0.717) is 16.4 Å². The Labute approximate surface area is 136 Å². The fourth-order valence-corrected chi connectivity index (χ4v) is 2.68. The average Bonchev–Trinajstić information content (AvgIpc) is 3.14. The topological polar surface area (TPSA) is 104 Å². The number of H-pyrrole nitrogens is 1. The number of aromatic hydroxyl groups is 1. The summed E-state index contributed by atoms with van der Waals surface area (Å²) in [6.07, 6.45) is 0. The number of nitrogens with zero attached hydrogens (tertiary/aromatic N) is 3. The number of aromatic nitrogens is 4. The fraction of sp³-hybridized carbons (Fsp3) is 0.200. The molecule has 1 amide bonds. The molecule has 0 spiro atoms. The first-order valence-electron chi connectivity index (χ1n) is 6.92. The van der Waals surface area contributed by atoms with Crippen LogP contribution in [0.4, 0.5) is 5.13 Å². The summed E-state index contributed by atoms with van der Waals surface area (Å²) in [5, 5.41) is 28.6. The number of rotatable bonds is 3. The summed E-state index contributed by atoms with van der Waals surface area (Å²) in [5.41, 5.74) is 3.15. The highest BCUT2D eigenvalue weighted by molar-refractivity contribution is 7.15. The van der Waals surface area contributed by atoms with E-state index in [2.05, 4.69) is 25.7 Å². The molecule has 118 valence electrons. The van der Waals surface area contributed by atoms with Gasteiger partial charge in [-0.15, -0.1) is 10.2 Å². The van der Waals surface area contributed by atoms with Gasteiger partial charge in [-0.05, 0) is 44.0 Å². The lowest BCUT2D eigenvalue weighted by atomic mass is 10.0. The lowest BCUT2D eigenvalue weighted by Gasteiger charge is -2.07. The van der Waals surface area contributed by atoms with Gasteiger partial charge in [-0.25, -0.2) is 0 Å². The van der Waals surface area contributed by atoms with Crippen LogP contribution >= 0.6 is 11.3 Å². The first-order chi connectivity index (χ1) is 11.0. The number of anilines is 1. The SMILES string of the molecule is Cc1nnc(NC(=O)c2cc(-c3ccc(C)c(C)c3O)n[nH]2)s1. The number of phenols is 1. The summed E-state index contributed by atoms with van der Waals surface area (Å²) in [6.45, 7) is 5.57. The van der Waals surface area contributed by atoms with Gasteiger partial charge in [0.2, 0.25) is 5.13 Å². The van der Waals surface area contributed by atoms with Crippen LogP contribution in [0.25, 0.3) is 11.3 Å². The summed E-state index contributed by atoms with van der Waals surface area (Å²) in [5.74, 6) is -0.188. The predicted molar refractivity (Wildman–Crippen MR) is 87.8 cm³/mol. The van der Waals surface area contributed by atoms with E-state index in [1.807, 2.05) is 26.8 Å². The van der Waals surface area contributed by atoms with E-state index in [9.17, 15) is 9.90 Å². The van der Waals surface area contributed by atoms with Gasteiger partial charge in [-0.2, -0.15) is 5.10 Å². The molecule has 0 bridgehead atoms. The molecular weight excluding hydrogens is 314 g/mol. The first kappa shape index (κ1) is 15.2. The quantitative estimate of drug-likeness (QED) is 0.685. The summed E-state index contributed by atoms with van der Waals surface area (Å²) < 4.78 is 0. The molecule has 0 atom stereocenters. The van der Waals surface area contributed by atoms with Crippen molar-refractivity contribution in [1.29, 1.82) is 0 Å². The second kappa shape index (κ2) is 5.81. The largest absolute Gasteiger partial charge is 0.507 e. The zero-order valence-corrected chi connectivity index (χ0v) is 13.7. The summed E-state index contributed by atoms with van der Waals surface area (Å²) in [7, 11) is 0. The Bertz CT molecular complexity index is 884. The number of amides is 1. The first-order valence-corrected chi connectivity index (χ1v) is 7.73. The molecule has 0 aliphatic rings.